The Morgan fingerprint density at radius 3 is 1.32 bits per heavy atom. The van der Waals surface area contributed by atoms with Crippen LogP contribution < -0.4 is 0 Å². The Bertz CT molecular complexity index is 987. The van der Waals surface area contributed by atoms with Crippen molar-refractivity contribution in [2.24, 2.45) is 0 Å². The maximum atomic E-state index is 11.5. The molecule has 2 atom stereocenters. The van der Waals surface area contributed by atoms with Crippen LogP contribution in [0.5, 0.6) is 0 Å². The molecule has 0 saturated carbocycles. The number of hydrogen-bond donors (Lipinski definition) is 4. The van der Waals surface area contributed by atoms with Crippen LogP contribution in [0.4, 0.5) is 0 Å². The van der Waals surface area contributed by atoms with Gasteiger partial charge in [-0.05, 0) is 37.1 Å². The Kier molecular flexibility index (Phi) is 6.64. The maximum Gasteiger partial charge on any atom is 0.294 e. The minimum absolute atomic E-state index is 0.119. The van der Waals surface area contributed by atoms with Crippen LogP contribution in [0.1, 0.15) is 22.3 Å². The molecule has 0 spiro atoms. The van der Waals surface area contributed by atoms with Crippen LogP contribution >= 0.6 is 0 Å². The number of benzene rings is 2. The highest BCUT2D eigenvalue weighted by Crippen LogP contribution is 2.23. The van der Waals surface area contributed by atoms with Crippen LogP contribution in [-0.4, -0.2) is 48.4 Å². The highest BCUT2D eigenvalue weighted by Gasteiger charge is 2.25. The fourth-order valence-corrected chi connectivity index (χ4v) is 4.39. The van der Waals surface area contributed by atoms with E-state index in [-0.39, 0.29) is 33.8 Å². The molecule has 0 amide bonds. The molecule has 8 nitrogen and oxygen atoms in total. The van der Waals surface area contributed by atoms with Gasteiger partial charge in [-0.15, -0.1) is 0 Å². The first kappa shape index (κ1) is 22.5. The van der Waals surface area contributed by atoms with Crippen molar-refractivity contribution in [1.82, 2.24) is 0 Å². The second-order valence-electron chi connectivity index (χ2n) is 6.72. The zero-order valence-electron chi connectivity index (χ0n) is 15.3. The van der Waals surface area contributed by atoms with E-state index in [0.717, 1.165) is 0 Å². The van der Waals surface area contributed by atoms with E-state index in [1.807, 2.05) is 0 Å². The third-order valence-electron chi connectivity index (χ3n) is 4.29. The van der Waals surface area contributed by atoms with E-state index in [2.05, 4.69) is 0 Å². The molecule has 154 valence electrons. The zero-order chi connectivity index (χ0) is 21.3. The van der Waals surface area contributed by atoms with Gasteiger partial charge >= 0.3 is 0 Å². The summed E-state index contributed by atoms with van der Waals surface area (Å²) in [5.41, 5.74) is 1.62. The monoisotopic (exact) mass is 430 g/mol. The largest absolute Gasteiger partial charge is 0.390 e. The standard InChI is InChI=1S/C18H22O8S2/c1-11-3-5-17(27(21,22)23)13(7-11)9-15(19)16(20)10-14-8-12(2)4-6-18(14)28(24,25)26/h3-8,15-16,19-20H,9-10H2,1-2H3,(H,21,22,23)(H,24,25,26). The molecule has 0 aliphatic rings. The molecule has 2 rings (SSSR count). The molecule has 0 saturated heterocycles. The second kappa shape index (κ2) is 8.27. The summed E-state index contributed by atoms with van der Waals surface area (Å²) in [7, 11) is -9.03. The Labute approximate surface area is 164 Å². The maximum absolute atomic E-state index is 11.5. The predicted molar refractivity (Wildman–Crippen MR) is 101 cm³/mol. The van der Waals surface area contributed by atoms with E-state index < -0.39 is 32.4 Å². The molecular formula is C18H22O8S2. The minimum atomic E-state index is -4.52. The summed E-state index contributed by atoms with van der Waals surface area (Å²) in [6, 6.07) is 8.32. The van der Waals surface area contributed by atoms with Gasteiger partial charge in [-0.2, -0.15) is 16.8 Å². The normalized spacial score (nSPS) is 14.6. The van der Waals surface area contributed by atoms with E-state index in [9.17, 15) is 36.2 Å². The number of aryl methyl sites for hydroxylation is 2. The van der Waals surface area contributed by atoms with Gasteiger partial charge in [-0.3, -0.25) is 9.11 Å². The summed E-state index contributed by atoms with van der Waals surface area (Å²) < 4.78 is 64.7. The van der Waals surface area contributed by atoms with Gasteiger partial charge in [0, 0.05) is 12.8 Å². The number of aliphatic hydroxyl groups is 2. The van der Waals surface area contributed by atoms with Crippen molar-refractivity contribution in [3.8, 4) is 0 Å². The van der Waals surface area contributed by atoms with Crippen LogP contribution in [0.3, 0.4) is 0 Å². The molecule has 10 heteroatoms. The Morgan fingerprint density at radius 1 is 0.714 bits per heavy atom. The number of hydrogen-bond acceptors (Lipinski definition) is 6. The molecule has 0 fully saturated rings. The van der Waals surface area contributed by atoms with Gasteiger partial charge in [-0.25, -0.2) is 0 Å². The van der Waals surface area contributed by atoms with E-state index in [1.165, 1.54) is 36.4 Å². The average molecular weight is 431 g/mol. The van der Waals surface area contributed by atoms with Gasteiger partial charge in [0.15, 0.2) is 0 Å². The van der Waals surface area contributed by atoms with Crippen molar-refractivity contribution in [3.05, 3.63) is 58.7 Å². The van der Waals surface area contributed by atoms with Crippen LogP contribution in [0, 0.1) is 13.8 Å². The molecule has 0 radical (unpaired) electrons. The Balaban J connectivity index is 2.30. The molecule has 0 bridgehead atoms. The van der Waals surface area contributed by atoms with Crippen LogP contribution in [0.2, 0.25) is 0 Å². The summed E-state index contributed by atoms with van der Waals surface area (Å²) in [6.07, 6.45) is -3.47. The highest BCUT2D eigenvalue weighted by molar-refractivity contribution is 7.86. The molecule has 2 aromatic carbocycles. The first-order valence-electron chi connectivity index (χ1n) is 8.29. The lowest BCUT2D eigenvalue weighted by atomic mass is 9.97. The molecule has 0 aromatic heterocycles. The molecule has 28 heavy (non-hydrogen) atoms. The SMILES string of the molecule is Cc1ccc(S(=O)(=O)O)c(CC(O)C(O)Cc2cc(C)ccc2S(=O)(=O)O)c1. The van der Waals surface area contributed by atoms with E-state index >= 15 is 0 Å². The van der Waals surface area contributed by atoms with E-state index in [0.29, 0.717) is 11.1 Å². The quantitative estimate of drug-likeness (QED) is 0.480. The smallest absolute Gasteiger partial charge is 0.294 e. The summed E-state index contributed by atoms with van der Waals surface area (Å²) >= 11 is 0. The number of aliphatic hydroxyl groups excluding tert-OH is 2. The summed E-state index contributed by atoms with van der Waals surface area (Å²) in [4.78, 5) is -0.753. The van der Waals surface area contributed by atoms with Crippen molar-refractivity contribution in [1.29, 1.82) is 0 Å². The first-order valence-corrected chi connectivity index (χ1v) is 11.2. The molecule has 2 unspecified atom stereocenters. The first-order chi connectivity index (χ1) is 12.8. The number of rotatable bonds is 7. The van der Waals surface area contributed by atoms with Gasteiger partial charge in [0.25, 0.3) is 20.2 Å². The van der Waals surface area contributed by atoms with Gasteiger partial charge in [0.05, 0.1) is 22.0 Å². The summed E-state index contributed by atoms with van der Waals surface area (Å²) in [5, 5.41) is 20.7. The summed E-state index contributed by atoms with van der Waals surface area (Å²) in [5.74, 6) is 0. The van der Waals surface area contributed by atoms with Crippen molar-refractivity contribution in [2.75, 3.05) is 0 Å². The van der Waals surface area contributed by atoms with Crippen LogP contribution in [0.15, 0.2) is 46.2 Å². The molecule has 0 aliphatic heterocycles. The highest BCUT2D eigenvalue weighted by atomic mass is 32.2. The zero-order valence-corrected chi connectivity index (χ0v) is 16.9. The molecular weight excluding hydrogens is 408 g/mol. The van der Waals surface area contributed by atoms with Crippen LogP contribution in [-0.2, 0) is 33.1 Å². The topological polar surface area (TPSA) is 149 Å². The fraction of sp³-hybridized carbons (Fsp3) is 0.333. The minimum Gasteiger partial charge on any atom is -0.390 e. The van der Waals surface area contributed by atoms with E-state index in [4.69, 9.17) is 0 Å². The second-order valence-corrected chi connectivity index (χ2v) is 9.50. The lowest BCUT2D eigenvalue weighted by Crippen LogP contribution is -2.31. The van der Waals surface area contributed by atoms with Gasteiger partial charge < -0.3 is 10.2 Å². The Morgan fingerprint density at radius 2 is 1.04 bits per heavy atom. The van der Waals surface area contributed by atoms with Gasteiger partial charge in [0.1, 0.15) is 0 Å². The summed E-state index contributed by atoms with van der Waals surface area (Å²) in [6.45, 7) is 3.40. The van der Waals surface area contributed by atoms with Crippen molar-refractivity contribution >= 4 is 20.2 Å². The third-order valence-corrected chi connectivity index (χ3v) is 6.20. The molecule has 2 aromatic rings. The third kappa shape index (κ3) is 5.60. The van der Waals surface area contributed by atoms with Gasteiger partial charge in [-0.1, -0.05) is 35.4 Å². The molecule has 4 N–H and O–H groups in total. The average Bonchev–Trinajstić information content (AvgIpc) is 2.52. The molecule has 0 heterocycles. The van der Waals surface area contributed by atoms with E-state index in [1.54, 1.807) is 13.8 Å². The van der Waals surface area contributed by atoms with Gasteiger partial charge in [0.2, 0.25) is 0 Å². The fourth-order valence-electron chi connectivity index (χ4n) is 2.96. The lowest BCUT2D eigenvalue weighted by molar-refractivity contribution is 0.0198. The van der Waals surface area contributed by atoms with Crippen molar-refractivity contribution in [2.45, 2.75) is 48.7 Å². The Hall–Kier alpha value is -1.82. The lowest BCUT2D eigenvalue weighted by Gasteiger charge is -2.20. The van der Waals surface area contributed by atoms with Crippen molar-refractivity contribution in [3.63, 3.8) is 0 Å². The van der Waals surface area contributed by atoms with Crippen molar-refractivity contribution < 1.29 is 36.2 Å². The van der Waals surface area contributed by atoms with Crippen LogP contribution in [0.25, 0.3) is 0 Å². The molecule has 0 aliphatic carbocycles. The predicted octanol–water partition coefficient (Wildman–Crippen LogP) is 1.30.